The van der Waals surface area contributed by atoms with Gasteiger partial charge in [0.2, 0.25) is 5.88 Å². The predicted molar refractivity (Wildman–Crippen MR) is 123 cm³/mol. The summed E-state index contributed by atoms with van der Waals surface area (Å²) in [6.07, 6.45) is 1.02. The molecule has 0 radical (unpaired) electrons. The number of rotatable bonds is 8. The smallest absolute Gasteiger partial charge is 0.347 e. The summed E-state index contributed by atoms with van der Waals surface area (Å²) in [7, 11) is 0. The second-order valence-corrected chi connectivity index (χ2v) is 9.44. The van der Waals surface area contributed by atoms with Gasteiger partial charge < -0.3 is 14.2 Å². The van der Waals surface area contributed by atoms with Crippen molar-refractivity contribution in [2.24, 2.45) is 0 Å². The standard InChI is InChI=1S/C22H23F2N3O5S2/c1-3-30-20(28)12(2)32-19-17-18(27(22(29)34-17)15-9-4-5-10-31-15)25-21(26-19)33-11-13-7-6-8-14(23)16(13)24/h6-8,12,15H,3-5,9-11H2,1-2H3/t12-,15?/m1/s1. The zero-order valence-corrected chi connectivity index (χ0v) is 20.2. The van der Waals surface area contributed by atoms with Gasteiger partial charge in [-0.3, -0.25) is 9.36 Å². The Morgan fingerprint density at radius 2 is 2.18 bits per heavy atom. The van der Waals surface area contributed by atoms with Gasteiger partial charge in [-0.15, -0.1) is 0 Å². The molecule has 182 valence electrons. The summed E-state index contributed by atoms with van der Waals surface area (Å²) in [5.41, 5.74) is 0.458. The van der Waals surface area contributed by atoms with Crippen LogP contribution in [0.2, 0.25) is 0 Å². The molecule has 0 bridgehead atoms. The van der Waals surface area contributed by atoms with Crippen molar-refractivity contribution in [2.75, 3.05) is 13.2 Å². The molecule has 0 spiro atoms. The van der Waals surface area contributed by atoms with Crippen LogP contribution < -0.4 is 9.61 Å². The largest absolute Gasteiger partial charge is 0.463 e. The van der Waals surface area contributed by atoms with E-state index in [2.05, 4.69) is 9.97 Å². The fourth-order valence-electron chi connectivity index (χ4n) is 3.48. The second-order valence-electron chi connectivity index (χ2n) is 7.54. The molecule has 34 heavy (non-hydrogen) atoms. The van der Waals surface area contributed by atoms with E-state index in [-0.39, 0.29) is 33.8 Å². The van der Waals surface area contributed by atoms with E-state index < -0.39 is 29.9 Å². The molecule has 4 rings (SSSR count). The number of hydrogen-bond donors (Lipinski definition) is 0. The van der Waals surface area contributed by atoms with Crippen molar-refractivity contribution < 1.29 is 27.8 Å². The summed E-state index contributed by atoms with van der Waals surface area (Å²) >= 11 is 1.96. The van der Waals surface area contributed by atoms with Crippen molar-refractivity contribution in [2.45, 2.75) is 56.4 Å². The average Bonchev–Trinajstić information content (AvgIpc) is 3.16. The Labute approximate surface area is 202 Å². The van der Waals surface area contributed by atoms with Crippen LogP contribution >= 0.6 is 23.1 Å². The molecule has 1 fully saturated rings. The maximum absolute atomic E-state index is 14.1. The Morgan fingerprint density at radius 3 is 2.91 bits per heavy atom. The second kappa shape index (κ2) is 10.8. The first kappa shape index (κ1) is 24.6. The molecule has 1 aliphatic heterocycles. The van der Waals surface area contributed by atoms with Crippen LogP contribution in [0.15, 0.2) is 28.2 Å². The number of carbonyl (C=O) groups excluding carboxylic acids is 1. The number of aromatic nitrogens is 3. The van der Waals surface area contributed by atoms with Gasteiger partial charge >= 0.3 is 10.8 Å². The number of hydrogen-bond acceptors (Lipinski definition) is 9. The topological polar surface area (TPSA) is 92.5 Å². The molecule has 0 saturated carbocycles. The summed E-state index contributed by atoms with van der Waals surface area (Å²) < 4.78 is 46.1. The van der Waals surface area contributed by atoms with Crippen LogP contribution in [0.1, 0.15) is 44.9 Å². The van der Waals surface area contributed by atoms with Gasteiger partial charge in [0, 0.05) is 17.9 Å². The highest BCUT2D eigenvalue weighted by molar-refractivity contribution is 7.98. The first-order chi connectivity index (χ1) is 16.4. The highest BCUT2D eigenvalue weighted by atomic mass is 32.2. The molecule has 3 aromatic rings. The number of thiazole rings is 1. The zero-order valence-electron chi connectivity index (χ0n) is 18.6. The Hall–Kier alpha value is -2.57. The van der Waals surface area contributed by atoms with E-state index in [0.717, 1.165) is 42.0 Å². The molecule has 0 aliphatic carbocycles. The van der Waals surface area contributed by atoms with E-state index in [1.54, 1.807) is 6.92 Å². The zero-order chi connectivity index (χ0) is 24.2. The fourth-order valence-corrected chi connectivity index (χ4v) is 5.18. The molecule has 1 aromatic carbocycles. The van der Waals surface area contributed by atoms with Crippen LogP contribution in [0.5, 0.6) is 5.88 Å². The maximum atomic E-state index is 14.1. The summed E-state index contributed by atoms with van der Waals surface area (Å²) in [5.74, 6) is -2.36. The molecule has 0 N–H and O–H groups in total. The molecule has 0 amide bonds. The van der Waals surface area contributed by atoms with Gasteiger partial charge in [0.15, 0.2) is 28.5 Å². The van der Waals surface area contributed by atoms with Crippen LogP contribution in [0.25, 0.3) is 10.3 Å². The minimum atomic E-state index is -0.979. The average molecular weight is 512 g/mol. The monoisotopic (exact) mass is 511 g/mol. The lowest BCUT2D eigenvalue weighted by molar-refractivity contribution is -0.150. The summed E-state index contributed by atoms with van der Waals surface area (Å²) in [4.78, 5) is 33.6. The van der Waals surface area contributed by atoms with Gasteiger partial charge in [0.1, 0.15) is 10.9 Å². The lowest BCUT2D eigenvalue weighted by Crippen LogP contribution is -2.27. The van der Waals surface area contributed by atoms with Crippen molar-refractivity contribution in [3.05, 3.63) is 45.1 Å². The van der Waals surface area contributed by atoms with E-state index in [4.69, 9.17) is 14.2 Å². The molecule has 1 aliphatic rings. The number of nitrogens with zero attached hydrogens (tertiary/aromatic N) is 3. The van der Waals surface area contributed by atoms with Crippen molar-refractivity contribution in [3.63, 3.8) is 0 Å². The van der Waals surface area contributed by atoms with E-state index in [1.165, 1.54) is 23.6 Å². The number of esters is 1. The van der Waals surface area contributed by atoms with Crippen molar-refractivity contribution in [1.29, 1.82) is 0 Å². The highest BCUT2D eigenvalue weighted by Crippen LogP contribution is 2.34. The first-order valence-electron chi connectivity index (χ1n) is 10.8. The van der Waals surface area contributed by atoms with E-state index in [9.17, 15) is 18.4 Å². The minimum absolute atomic E-state index is 0.0458. The number of ether oxygens (including phenoxy) is 3. The molecular weight excluding hydrogens is 488 g/mol. The number of halogens is 2. The third kappa shape index (κ3) is 5.23. The summed E-state index contributed by atoms with van der Waals surface area (Å²) in [5, 5.41) is 0.185. The van der Waals surface area contributed by atoms with Crippen molar-refractivity contribution in [3.8, 4) is 5.88 Å². The molecule has 3 heterocycles. The van der Waals surface area contributed by atoms with Crippen LogP contribution in [0.4, 0.5) is 8.78 Å². The molecule has 8 nitrogen and oxygen atoms in total. The van der Waals surface area contributed by atoms with Gasteiger partial charge in [-0.2, -0.15) is 4.98 Å². The van der Waals surface area contributed by atoms with Crippen molar-refractivity contribution >= 4 is 39.4 Å². The Bertz CT molecular complexity index is 1240. The van der Waals surface area contributed by atoms with Gasteiger partial charge in [-0.25, -0.2) is 18.6 Å². The van der Waals surface area contributed by atoms with Gasteiger partial charge in [-0.1, -0.05) is 35.2 Å². The summed E-state index contributed by atoms with van der Waals surface area (Å²) in [6, 6.07) is 3.94. The van der Waals surface area contributed by atoms with Gasteiger partial charge in [-0.05, 0) is 39.2 Å². The van der Waals surface area contributed by atoms with E-state index >= 15 is 0 Å². The normalized spacial score (nSPS) is 17.0. The molecular formula is C22H23F2N3O5S2. The lowest BCUT2D eigenvalue weighted by Gasteiger charge is -2.23. The lowest BCUT2D eigenvalue weighted by atomic mass is 10.2. The third-order valence-corrected chi connectivity index (χ3v) is 6.98. The molecule has 2 aromatic heterocycles. The molecule has 1 unspecified atom stereocenters. The van der Waals surface area contributed by atoms with Crippen LogP contribution in [0.3, 0.4) is 0 Å². The Kier molecular flexibility index (Phi) is 7.79. The van der Waals surface area contributed by atoms with Crippen LogP contribution in [-0.4, -0.2) is 39.8 Å². The van der Waals surface area contributed by atoms with Gasteiger partial charge in [0.25, 0.3) is 0 Å². The molecule has 12 heteroatoms. The van der Waals surface area contributed by atoms with Crippen LogP contribution in [-0.2, 0) is 20.0 Å². The summed E-state index contributed by atoms with van der Waals surface area (Å²) in [6.45, 7) is 3.92. The molecule has 1 saturated heterocycles. The predicted octanol–water partition coefficient (Wildman–Crippen LogP) is 4.45. The Morgan fingerprint density at radius 1 is 1.35 bits per heavy atom. The number of fused-ring (bicyclic) bond motifs is 1. The van der Waals surface area contributed by atoms with Crippen LogP contribution in [0, 0.1) is 11.6 Å². The highest BCUT2D eigenvalue weighted by Gasteiger charge is 2.27. The van der Waals surface area contributed by atoms with Gasteiger partial charge in [0.05, 0.1) is 6.61 Å². The number of carbonyl (C=O) groups is 1. The van der Waals surface area contributed by atoms with E-state index in [0.29, 0.717) is 23.4 Å². The Balaban J connectivity index is 1.73. The SMILES string of the molecule is CCOC(=O)[C@@H](C)Oc1nc(SCc2cccc(F)c2F)nc2c1sc(=O)n2C1CCCCO1. The van der Waals surface area contributed by atoms with E-state index in [1.807, 2.05) is 0 Å². The third-order valence-electron chi connectivity index (χ3n) is 5.15. The fraction of sp³-hybridized carbons (Fsp3) is 0.455. The van der Waals surface area contributed by atoms with Crippen molar-refractivity contribution in [1.82, 2.24) is 14.5 Å². The number of thioether (sulfide) groups is 1. The maximum Gasteiger partial charge on any atom is 0.347 e. The quantitative estimate of drug-likeness (QED) is 0.249. The molecule has 2 atom stereocenters. The first-order valence-corrected chi connectivity index (χ1v) is 12.6. The minimum Gasteiger partial charge on any atom is -0.463 e. The number of benzene rings is 1.